The van der Waals surface area contributed by atoms with E-state index in [4.69, 9.17) is 9.47 Å². The molecular weight excluding hydrogens is 332 g/mol. The topological polar surface area (TPSA) is 94.6 Å². The number of benzene rings is 1. The van der Waals surface area contributed by atoms with Crippen LogP contribution >= 0.6 is 11.3 Å². The van der Waals surface area contributed by atoms with Crippen molar-refractivity contribution in [3.8, 4) is 0 Å². The van der Waals surface area contributed by atoms with Crippen LogP contribution in [0, 0.1) is 0 Å². The summed E-state index contributed by atoms with van der Waals surface area (Å²) in [6.45, 7) is 1.94. The molecule has 8 heteroatoms. The maximum atomic E-state index is 12.3. The van der Waals surface area contributed by atoms with Crippen molar-refractivity contribution in [3.63, 3.8) is 0 Å². The number of hydrogen-bond donors (Lipinski definition) is 1. The molecule has 7 nitrogen and oxygen atoms in total. The first-order valence-corrected chi connectivity index (χ1v) is 8.19. The van der Waals surface area contributed by atoms with Crippen LogP contribution < -0.4 is 5.32 Å². The van der Waals surface area contributed by atoms with Crippen LogP contribution in [0.25, 0.3) is 0 Å². The summed E-state index contributed by atoms with van der Waals surface area (Å²) in [4.78, 5) is 39.8. The van der Waals surface area contributed by atoms with Gasteiger partial charge in [0.1, 0.15) is 0 Å². The first-order valence-electron chi connectivity index (χ1n) is 7.31. The number of carbonyl (C=O) groups is 3. The molecule has 3 rings (SSSR count). The Morgan fingerprint density at radius 2 is 2.21 bits per heavy atom. The van der Waals surface area contributed by atoms with Gasteiger partial charge in [0.05, 0.1) is 12.2 Å². The van der Waals surface area contributed by atoms with Crippen molar-refractivity contribution in [2.24, 2.45) is 0 Å². The number of carbonyl (C=O) groups excluding carboxylic acids is 3. The van der Waals surface area contributed by atoms with E-state index in [1.807, 2.05) is 0 Å². The molecule has 0 fully saturated rings. The number of nitrogens with one attached hydrogen (secondary N) is 1. The van der Waals surface area contributed by atoms with Crippen LogP contribution in [-0.4, -0.2) is 35.5 Å². The summed E-state index contributed by atoms with van der Waals surface area (Å²) >= 11 is 1.10. The van der Waals surface area contributed by atoms with Gasteiger partial charge in [-0.05, 0) is 18.6 Å². The van der Waals surface area contributed by atoms with E-state index >= 15 is 0 Å². The molecule has 0 saturated heterocycles. The van der Waals surface area contributed by atoms with Crippen molar-refractivity contribution < 1.29 is 23.9 Å². The first-order chi connectivity index (χ1) is 11.6. The lowest BCUT2D eigenvalue weighted by Crippen LogP contribution is -2.37. The third kappa shape index (κ3) is 3.28. The second-order valence-electron chi connectivity index (χ2n) is 5.00. The van der Waals surface area contributed by atoms with Gasteiger partial charge in [-0.25, -0.2) is 14.6 Å². The molecule has 1 N–H and O–H groups in total. The van der Waals surface area contributed by atoms with Crippen LogP contribution in [0.2, 0.25) is 0 Å². The standard InChI is InChI=1S/C16H14N2O5S/c1-2-22-15(21)11-8-24-16(17-11)18-13(19)12-7-9-5-3-4-6-10(9)14(20)23-12/h3-6,8,12H,2,7H2,1H3,(H,17,18,19)/t12-/m0/s1. The maximum Gasteiger partial charge on any atom is 0.357 e. The lowest BCUT2D eigenvalue weighted by atomic mass is 9.98. The summed E-state index contributed by atoms with van der Waals surface area (Å²) in [5.41, 5.74) is 1.36. The van der Waals surface area contributed by atoms with Crippen molar-refractivity contribution in [1.29, 1.82) is 0 Å². The van der Waals surface area contributed by atoms with Gasteiger partial charge >= 0.3 is 11.9 Å². The molecule has 0 unspecified atom stereocenters. The Kier molecular flexibility index (Phi) is 4.57. The Morgan fingerprint density at radius 3 is 3.00 bits per heavy atom. The molecule has 1 aliphatic heterocycles. The molecule has 1 aliphatic rings. The van der Waals surface area contributed by atoms with Crippen LogP contribution in [0.3, 0.4) is 0 Å². The summed E-state index contributed by atoms with van der Waals surface area (Å²) in [5.74, 6) is -1.56. The molecule has 2 aromatic rings. The van der Waals surface area contributed by atoms with E-state index in [0.29, 0.717) is 12.0 Å². The Labute approximate surface area is 141 Å². The van der Waals surface area contributed by atoms with Crippen LogP contribution in [0.15, 0.2) is 29.6 Å². The van der Waals surface area contributed by atoms with Crippen molar-refractivity contribution in [2.75, 3.05) is 11.9 Å². The molecule has 0 bridgehead atoms. The number of amides is 1. The molecule has 1 amide bonds. The number of aromatic nitrogens is 1. The van der Waals surface area contributed by atoms with Gasteiger partial charge in [0.2, 0.25) is 0 Å². The number of anilines is 1. The lowest BCUT2D eigenvalue weighted by molar-refractivity contribution is -0.125. The van der Waals surface area contributed by atoms with Crippen LogP contribution in [-0.2, 0) is 20.7 Å². The van der Waals surface area contributed by atoms with Crippen LogP contribution in [0.5, 0.6) is 0 Å². The molecular formula is C16H14N2O5S. The van der Waals surface area contributed by atoms with Crippen LogP contribution in [0.1, 0.15) is 33.3 Å². The zero-order valence-electron chi connectivity index (χ0n) is 12.8. The second kappa shape index (κ2) is 6.79. The number of esters is 2. The van der Waals surface area contributed by atoms with Gasteiger partial charge in [-0.3, -0.25) is 10.1 Å². The number of nitrogens with zero attached hydrogens (tertiary/aromatic N) is 1. The van der Waals surface area contributed by atoms with Gasteiger partial charge in [-0.1, -0.05) is 18.2 Å². The van der Waals surface area contributed by atoms with Gasteiger partial charge in [-0.2, -0.15) is 0 Å². The normalized spacial score (nSPS) is 16.0. The van der Waals surface area contributed by atoms with Gasteiger partial charge in [0.25, 0.3) is 5.91 Å². The van der Waals surface area contributed by atoms with Crippen LogP contribution in [0.4, 0.5) is 5.13 Å². The van der Waals surface area contributed by atoms with Gasteiger partial charge in [-0.15, -0.1) is 11.3 Å². The van der Waals surface area contributed by atoms with Crippen molar-refractivity contribution >= 4 is 34.3 Å². The monoisotopic (exact) mass is 346 g/mol. The number of rotatable bonds is 4. The largest absolute Gasteiger partial charge is 0.461 e. The molecule has 0 saturated carbocycles. The highest BCUT2D eigenvalue weighted by atomic mass is 32.1. The Balaban J connectivity index is 1.68. The van der Waals surface area contributed by atoms with E-state index in [-0.39, 0.29) is 17.4 Å². The molecule has 24 heavy (non-hydrogen) atoms. The summed E-state index contributed by atoms with van der Waals surface area (Å²) < 4.78 is 10.0. The van der Waals surface area contributed by atoms with E-state index in [2.05, 4.69) is 10.3 Å². The zero-order valence-corrected chi connectivity index (χ0v) is 13.6. The van der Waals surface area contributed by atoms with E-state index in [0.717, 1.165) is 16.9 Å². The molecule has 124 valence electrons. The van der Waals surface area contributed by atoms with E-state index in [9.17, 15) is 14.4 Å². The molecule has 1 aromatic carbocycles. The Bertz CT molecular complexity index is 801. The second-order valence-corrected chi connectivity index (χ2v) is 5.86. The molecule has 0 spiro atoms. The average molecular weight is 346 g/mol. The third-order valence-electron chi connectivity index (χ3n) is 3.40. The number of cyclic esters (lactones) is 1. The minimum Gasteiger partial charge on any atom is -0.461 e. The van der Waals surface area contributed by atoms with E-state index in [1.54, 1.807) is 31.2 Å². The highest BCUT2D eigenvalue weighted by molar-refractivity contribution is 7.14. The van der Waals surface area contributed by atoms with Crippen molar-refractivity contribution in [1.82, 2.24) is 4.98 Å². The maximum absolute atomic E-state index is 12.3. The van der Waals surface area contributed by atoms with E-state index < -0.39 is 23.9 Å². The predicted octanol–water partition coefficient (Wildman–Crippen LogP) is 2.04. The number of hydrogen-bond acceptors (Lipinski definition) is 7. The van der Waals surface area contributed by atoms with Crippen molar-refractivity contribution in [3.05, 3.63) is 46.5 Å². The van der Waals surface area contributed by atoms with Gasteiger partial charge in [0, 0.05) is 11.8 Å². The number of fused-ring (bicyclic) bond motifs is 1. The molecule has 0 aliphatic carbocycles. The zero-order chi connectivity index (χ0) is 17.1. The summed E-state index contributed by atoms with van der Waals surface area (Å²) in [6, 6.07) is 7.00. The SMILES string of the molecule is CCOC(=O)c1csc(NC(=O)[C@@H]2Cc3ccccc3C(=O)O2)n1. The molecule has 0 radical (unpaired) electrons. The minimum atomic E-state index is -0.928. The number of thiazole rings is 1. The van der Waals surface area contributed by atoms with Gasteiger partial charge in [0.15, 0.2) is 16.9 Å². The summed E-state index contributed by atoms with van der Waals surface area (Å²) in [5, 5.41) is 4.31. The summed E-state index contributed by atoms with van der Waals surface area (Å²) in [7, 11) is 0. The average Bonchev–Trinajstić information content (AvgIpc) is 3.03. The fourth-order valence-electron chi connectivity index (χ4n) is 2.29. The lowest BCUT2D eigenvalue weighted by Gasteiger charge is -2.23. The van der Waals surface area contributed by atoms with E-state index in [1.165, 1.54) is 5.38 Å². The Morgan fingerprint density at radius 1 is 1.42 bits per heavy atom. The molecule has 2 heterocycles. The summed E-state index contributed by atoms with van der Waals surface area (Å²) in [6.07, 6.45) is -0.633. The highest BCUT2D eigenvalue weighted by Gasteiger charge is 2.31. The quantitative estimate of drug-likeness (QED) is 0.852. The van der Waals surface area contributed by atoms with Gasteiger partial charge < -0.3 is 9.47 Å². The first kappa shape index (κ1) is 16.1. The molecule has 1 aromatic heterocycles. The molecule has 1 atom stereocenters. The minimum absolute atomic E-state index is 0.128. The number of ether oxygens (including phenoxy) is 2. The van der Waals surface area contributed by atoms with Crippen molar-refractivity contribution in [2.45, 2.75) is 19.4 Å². The highest BCUT2D eigenvalue weighted by Crippen LogP contribution is 2.22. The smallest absolute Gasteiger partial charge is 0.357 e. The predicted molar refractivity (Wildman–Crippen MR) is 86.0 cm³/mol. The third-order valence-corrected chi connectivity index (χ3v) is 4.16. The Hall–Kier alpha value is -2.74. The fraction of sp³-hybridized carbons (Fsp3) is 0.250. The fourth-order valence-corrected chi connectivity index (χ4v) is 2.98.